The Kier molecular flexibility index (Phi) is 5.44. The number of aromatic amines is 1. The van der Waals surface area contributed by atoms with Crippen LogP contribution >= 0.6 is 0 Å². The third-order valence-electron chi connectivity index (χ3n) is 5.17. The number of rotatable bonds is 4. The summed E-state index contributed by atoms with van der Waals surface area (Å²) in [6.07, 6.45) is 5.49. The summed E-state index contributed by atoms with van der Waals surface area (Å²) in [7, 11) is 0. The van der Waals surface area contributed by atoms with Crippen LogP contribution in [-0.4, -0.2) is 45.6 Å². The van der Waals surface area contributed by atoms with Crippen molar-refractivity contribution in [3.8, 4) is 22.8 Å². The Morgan fingerprint density at radius 2 is 2.20 bits per heavy atom. The number of aromatic nitrogens is 3. The lowest BCUT2D eigenvalue weighted by molar-refractivity contribution is 0.0463. The van der Waals surface area contributed by atoms with Gasteiger partial charge in [0.25, 0.3) is 0 Å². The van der Waals surface area contributed by atoms with Gasteiger partial charge in [0.05, 0.1) is 29.8 Å². The first-order valence-electron chi connectivity index (χ1n) is 10.4. The van der Waals surface area contributed by atoms with Crippen molar-refractivity contribution in [1.82, 2.24) is 20.5 Å². The number of nitrogens with zero attached hydrogens (tertiary/aromatic N) is 2. The second-order valence-corrected chi connectivity index (χ2v) is 8.83. The largest absolute Gasteiger partial charge is 0.490 e. The van der Waals surface area contributed by atoms with Crippen LogP contribution in [0.15, 0.2) is 12.3 Å². The van der Waals surface area contributed by atoms with Gasteiger partial charge in [0, 0.05) is 24.9 Å². The van der Waals surface area contributed by atoms with Gasteiger partial charge in [-0.3, -0.25) is 10.1 Å². The molecule has 0 aromatic carbocycles. The lowest BCUT2D eigenvalue weighted by atomic mass is 9.93. The summed E-state index contributed by atoms with van der Waals surface area (Å²) < 4.78 is 17.6. The number of carbonyl (C=O) groups is 1. The molecule has 0 saturated heterocycles. The molecule has 0 radical (unpaired) electrons. The van der Waals surface area contributed by atoms with E-state index in [0.717, 1.165) is 48.4 Å². The molecule has 9 nitrogen and oxygen atoms in total. The minimum atomic E-state index is -0.522. The predicted molar refractivity (Wildman–Crippen MR) is 111 cm³/mol. The van der Waals surface area contributed by atoms with E-state index in [-0.39, 0.29) is 12.1 Å². The zero-order chi connectivity index (χ0) is 21.3. The highest BCUT2D eigenvalue weighted by molar-refractivity contribution is 5.76. The first kappa shape index (κ1) is 20.3. The molecule has 0 unspecified atom stereocenters. The molecule has 2 atom stereocenters. The predicted octanol–water partition coefficient (Wildman–Crippen LogP) is 3.20. The van der Waals surface area contributed by atoms with Gasteiger partial charge in [-0.05, 0) is 40.0 Å². The van der Waals surface area contributed by atoms with Gasteiger partial charge >= 0.3 is 6.09 Å². The fourth-order valence-corrected chi connectivity index (χ4v) is 3.95. The summed E-state index contributed by atoms with van der Waals surface area (Å²) in [5.41, 5.74) is 7.72. The van der Waals surface area contributed by atoms with E-state index >= 15 is 0 Å². The number of ether oxygens (including phenoxy) is 3. The normalized spacial score (nSPS) is 20.9. The maximum absolute atomic E-state index is 12.1. The molecule has 162 valence electrons. The minimum Gasteiger partial charge on any atom is -0.490 e. The molecule has 0 spiro atoms. The van der Waals surface area contributed by atoms with Gasteiger partial charge in [0.15, 0.2) is 11.5 Å². The van der Waals surface area contributed by atoms with Crippen LogP contribution in [-0.2, 0) is 11.2 Å². The number of carbonyl (C=O) groups excluding carboxylic acids is 1. The Labute approximate surface area is 175 Å². The molecular formula is C21H29N5O4. The number of H-pyrrole nitrogens is 1. The van der Waals surface area contributed by atoms with Crippen molar-refractivity contribution in [2.75, 3.05) is 12.3 Å². The van der Waals surface area contributed by atoms with E-state index in [1.54, 1.807) is 12.3 Å². The maximum atomic E-state index is 12.1. The Balaban J connectivity index is 1.50. The van der Waals surface area contributed by atoms with Gasteiger partial charge < -0.3 is 25.3 Å². The summed E-state index contributed by atoms with van der Waals surface area (Å²) in [6, 6.07) is 1.77. The van der Waals surface area contributed by atoms with E-state index < -0.39 is 11.7 Å². The summed E-state index contributed by atoms with van der Waals surface area (Å²) >= 11 is 0. The third-order valence-corrected chi connectivity index (χ3v) is 5.17. The average molecular weight is 415 g/mol. The molecule has 4 N–H and O–H groups in total. The molecule has 9 heteroatoms. The number of amides is 1. The average Bonchev–Trinajstić information content (AvgIpc) is 3.29. The smallest absolute Gasteiger partial charge is 0.407 e. The Morgan fingerprint density at radius 3 is 2.93 bits per heavy atom. The third kappa shape index (κ3) is 4.60. The molecule has 3 heterocycles. The lowest BCUT2D eigenvalue weighted by Gasteiger charge is -2.31. The van der Waals surface area contributed by atoms with Crippen LogP contribution in [0.3, 0.4) is 0 Å². The van der Waals surface area contributed by atoms with Crippen LogP contribution in [0.4, 0.5) is 10.6 Å². The van der Waals surface area contributed by atoms with Crippen molar-refractivity contribution >= 4 is 11.9 Å². The number of alkyl carbamates (subject to hydrolysis) is 1. The number of hydrogen-bond donors (Lipinski definition) is 3. The van der Waals surface area contributed by atoms with E-state index in [4.69, 9.17) is 19.9 Å². The first-order valence-corrected chi connectivity index (χ1v) is 10.4. The zero-order valence-corrected chi connectivity index (χ0v) is 17.7. The van der Waals surface area contributed by atoms with Crippen LogP contribution in [0, 0.1) is 0 Å². The quantitative estimate of drug-likeness (QED) is 0.700. The van der Waals surface area contributed by atoms with E-state index in [9.17, 15) is 4.79 Å². The van der Waals surface area contributed by atoms with Gasteiger partial charge in [0.2, 0.25) is 0 Å². The van der Waals surface area contributed by atoms with Gasteiger partial charge in [-0.25, -0.2) is 4.79 Å². The fraction of sp³-hybridized carbons (Fsp3) is 0.571. The molecule has 1 amide bonds. The van der Waals surface area contributed by atoms with Gasteiger partial charge in [-0.2, -0.15) is 5.10 Å². The molecule has 1 aliphatic heterocycles. The topological polar surface area (TPSA) is 124 Å². The van der Waals surface area contributed by atoms with Gasteiger partial charge in [0.1, 0.15) is 17.5 Å². The second kappa shape index (κ2) is 8.04. The maximum Gasteiger partial charge on any atom is 0.407 e. The van der Waals surface area contributed by atoms with E-state index in [1.165, 1.54) is 0 Å². The van der Waals surface area contributed by atoms with Gasteiger partial charge in [-0.1, -0.05) is 0 Å². The van der Waals surface area contributed by atoms with Crippen molar-refractivity contribution in [3.05, 3.63) is 18.0 Å². The summed E-state index contributed by atoms with van der Waals surface area (Å²) in [6.45, 7) is 6.15. The number of nitrogens with two attached hydrogens (primary N) is 1. The highest BCUT2D eigenvalue weighted by atomic mass is 16.6. The molecule has 2 aromatic heterocycles. The Hall–Kier alpha value is -2.97. The zero-order valence-electron chi connectivity index (χ0n) is 17.7. The highest BCUT2D eigenvalue weighted by Crippen LogP contribution is 2.42. The molecule has 4 rings (SSSR count). The van der Waals surface area contributed by atoms with Crippen molar-refractivity contribution in [2.45, 2.75) is 70.6 Å². The molecular weight excluding hydrogens is 386 g/mol. The van der Waals surface area contributed by atoms with E-state index in [1.807, 2.05) is 20.8 Å². The second-order valence-electron chi connectivity index (χ2n) is 8.83. The molecule has 2 aliphatic rings. The number of pyridine rings is 1. The number of nitrogen functional groups attached to an aromatic ring is 1. The summed E-state index contributed by atoms with van der Waals surface area (Å²) in [5.74, 6) is 1.75. The molecule has 1 saturated carbocycles. The molecule has 1 fully saturated rings. The van der Waals surface area contributed by atoms with Crippen molar-refractivity contribution in [1.29, 1.82) is 0 Å². The number of fused-ring (bicyclic) bond motifs is 1. The standard InChI is InChI=1S/C21H29N5O4/c1-21(2,3)30-20(27)24-12-5-4-6-13(9-12)29-16-11-23-14-7-8-28-19(14)18(16)15-10-17(22)26-25-15/h10-13H,4-9H2,1-3H3,(H,24,27)(H3,22,25,26)/t12-,13+/m0/s1. The molecule has 30 heavy (non-hydrogen) atoms. The van der Waals surface area contributed by atoms with Gasteiger partial charge in [-0.15, -0.1) is 0 Å². The SMILES string of the molecule is CC(C)(C)OC(=O)N[C@H]1CCC[C@@H](Oc2cnc3c(c2-c2cc(N)n[nH]2)OCC3)C1. The number of hydrogen-bond acceptors (Lipinski definition) is 7. The van der Waals surface area contributed by atoms with E-state index in [0.29, 0.717) is 24.6 Å². The van der Waals surface area contributed by atoms with Crippen LogP contribution < -0.4 is 20.5 Å². The summed E-state index contributed by atoms with van der Waals surface area (Å²) in [4.78, 5) is 16.7. The lowest BCUT2D eigenvalue weighted by Crippen LogP contribution is -2.43. The van der Waals surface area contributed by atoms with Crippen molar-refractivity contribution in [3.63, 3.8) is 0 Å². The fourth-order valence-electron chi connectivity index (χ4n) is 3.95. The number of anilines is 1. The van der Waals surface area contributed by atoms with Crippen molar-refractivity contribution < 1.29 is 19.0 Å². The van der Waals surface area contributed by atoms with E-state index in [2.05, 4.69) is 20.5 Å². The summed E-state index contributed by atoms with van der Waals surface area (Å²) in [5, 5.41) is 9.96. The molecule has 2 aromatic rings. The van der Waals surface area contributed by atoms with Crippen LogP contribution in [0.1, 0.15) is 52.1 Å². The first-order chi connectivity index (χ1) is 14.3. The number of nitrogens with one attached hydrogen (secondary N) is 2. The Morgan fingerprint density at radius 1 is 1.37 bits per heavy atom. The van der Waals surface area contributed by atoms with Crippen LogP contribution in [0.25, 0.3) is 11.3 Å². The molecule has 0 bridgehead atoms. The Bertz CT molecular complexity index is 921. The van der Waals surface area contributed by atoms with Crippen LogP contribution in [0.5, 0.6) is 11.5 Å². The highest BCUT2D eigenvalue weighted by Gasteiger charge is 2.29. The van der Waals surface area contributed by atoms with Crippen molar-refractivity contribution in [2.24, 2.45) is 0 Å². The molecule has 1 aliphatic carbocycles. The monoisotopic (exact) mass is 415 g/mol. The minimum absolute atomic E-state index is 0.00323. The van der Waals surface area contributed by atoms with Crippen LogP contribution in [0.2, 0.25) is 0 Å².